The SMILES string of the molecule is Cc1ccc(C(=O)N[C@@H]2CCCN(c3cnc(C(N)=O)c(Nc4cc(C)ns4)n3)C2)c(F)c1. The number of halogens is 1. The van der Waals surface area contributed by atoms with Crippen molar-refractivity contribution in [1.82, 2.24) is 19.7 Å². The van der Waals surface area contributed by atoms with Gasteiger partial charge in [0.1, 0.15) is 16.6 Å². The summed E-state index contributed by atoms with van der Waals surface area (Å²) in [5.74, 6) is -0.887. The van der Waals surface area contributed by atoms with E-state index in [4.69, 9.17) is 5.73 Å². The van der Waals surface area contributed by atoms with Gasteiger partial charge in [-0.1, -0.05) is 6.07 Å². The first-order valence-corrected chi connectivity index (χ1v) is 11.3. The molecule has 4 rings (SSSR count). The fraction of sp³-hybridized carbons (Fsp3) is 0.318. The highest BCUT2D eigenvalue weighted by atomic mass is 32.1. The van der Waals surface area contributed by atoms with E-state index in [1.807, 2.05) is 17.9 Å². The summed E-state index contributed by atoms with van der Waals surface area (Å²) in [6.45, 7) is 4.81. The Morgan fingerprint density at radius 2 is 2.09 bits per heavy atom. The second kappa shape index (κ2) is 9.49. The van der Waals surface area contributed by atoms with E-state index in [9.17, 15) is 14.0 Å². The lowest BCUT2D eigenvalue weighted by Gasteiger charge is -2.34. The lowest BCUT2D eigenvalue weighted by atomic mass is 10.0. The minimum Gasteiger partial charge on any atom is -0.364 e. The summed E-state index contributed by atoms with van der Waals surface area (Å²) in [6.07, 6.45) is 3.05. The number of benzene rings is 1. The molecule has 1 aliphatic heterocycles. The molecule has 1 aliphatic rings. The first-order chi connectivity index (χ1) is 15.8. The average Bonchev–Trinajstić information content (AvgIpc) is 3.18. The molecule has 1 fully saturated rings. The molecular weight excluding hydrogens is 445 g/mol. The van der Waals surface area contributed by atoms with Crippen molar-refractivity contribution in [2.24, 2.45) is 5.73 Å². The Labute approximate surface area is 194 Å². The van der Waals surface area contributed by atoms with Gasteiger partial charge in [0.25, 0.3) is 11.8 Å². The van der Waals surface area contributed by atoms with Crippen molar-refractivity contribution in [3.63, 3.8) is 0 Å². The standard InChI is InChI=1S/C22H24FN7O2S/c1-12-5-6-15(16(23)8-12)22(32)26-14-4-3-7-30(11-14)17-10-25-19(20(24)31)21(27-17)28-18-9-13(2)29-33-18/h5-6,8-10,14H,3-4,7,11H2,1-2H3,(H2,24,31)(H,26,32)(H,27,28)/t14-/m1/s1. The number of primary amides is 1. The minimum atomic E-state index is -0.693. The molecule has 11 heteroatoms. The van der Waals surface area contributed by atoms with Gasteiger partial charge in [-0.2, -0.15) is 4.37 Å². The second-order valence-electron chi connectivity index (χ2n) is 7.99. The van der Waals surface area contributed by atoms with E-state index in [-0.39, 0.29) is 23.1 Å². The van der Waals surface area contributed by atoms with Crippen LogP contribution in [0.4, 0.5) is 21.0 Å². The highest BCUT2D eigenvalue weighted by molar-refractivity contribution is 7.10. The third kappa shape index (κ3) is 5.25. The van der Waals surface area contributed by atoms with E-state index in [0.717, 1.165) is 24.1 Å². The van der Waals surface area contributed by atoms with Gasteiger partial charge in [0.2, 0.25) is 0 Å². The summed E-state index contributed by atoms with van der Waals surface area (Å²) in [5.41, 5.74) is 7.12. The van der Waals surface area contributed by atoms with E-state index in [2.05, 4.69) is 25.0 Å². The first-order valence-electron chi connectivity index (χ1n) is 10.5. The molecule has 0 bridgehead atoms. The van der Waals surface area contributed by atoms with Crippen molar-refractivity contribution in [3.05, 3.63) is 58.8 Å². The van der Waals surface area contributed by atoms with Gasteiger partial charge >= 0.3 is 0 Å². The Balaban J connectivity index is 1.50. The van der Waals surface area contributed by atoms with Crippen LogP contribution >= 0.6 is 11.5 Å². The number of nitrogens with one attached hydrogen (secondary N) is 2. The molecule has 0 unspecified atom stereocenters. The third-order valence-corrected chi connectivity index (χ3v) is 6.11. The van der Waals surface area contributed by atoms with Crippen LogP contribution in [0.1, 0.15) is 44.9 Å². The van der Waals surface area contributed by atoms with Crippen molar-refractivity contribution >= 4 is 40.0 Å². The van der Waals surface area contributed by atoms with Gasteiger partial charge in [-0.25, -0.2) is 14.4 Å². The van der Waals surface area contributed by atoms with Crippen molar-refractivity contribution in [2.75, 3.05) is 23.3 Å². The summed E-state index contributed by atoms with van der Waals surface area (Å²) < 4.78 is 18.4. The smallest absolute Gasteiger partial charge is 0.271 e. The number of aromatic nitrogens is 3. The van der Waals surface area contributed by atoms with Crippen molar-refractivity contribution < 1.29 is 14.0 Å². The summed E-state index contributed by atoms with van der Waals surface area (Å²) >= 11 is 1.24. The molecule has 33 heavy (non-hydrogen) atoms. The quantitative estimate of drug-likeness (QED) is 0.507. The van der Waals surface area contributed by atoms with Crippen LogP contribution < -0.4 is 21.3 Å². The number of hydrogen-bond donors (Lipinski definition) is 3. The number of anilines is 3. The lowest BCUT2D eigenvalue weighted by molar-refractivity contribution is 0.0927. The number of nitrogens with zero attached hydrogens (tertiary/aromatic N) is 4. The van der Waals surface area contributed by atoms with Crippen molar-refractivity contribution in [2.45, 2.75) is 32.7 Å². The maximum Gasteiger partial charge on any atom is 0.271 e. The molecule has 0 spiro atoms. The summed E-state index contributed by atoms with van der Waals surface area (Å²) in [5, 5.41) is 6.70. The van der Waals surface area contributed by atoms with Crippen LogP contribution in [0.5, 0.6) is 0 Å². The van der Waals surface area contributed by atoms with E-state index in [1.165, 1.54) is 29.9 Å². The average molecular weight is 470 g/mol. The maximum atomic E-state index is 14.2. The van der Waals surface area contributed by atoms with Crippen LogP contribution in [0.15, 0.2) is 30.5 Å². The Bertz CT molecular complexity index is 1200. The number of nitrogens with two attached hydrogens (primary N) is 1. The molecule has 2 amide bonds. The number of piperidine rings is 1. The lowest BCUT2D eigenvalue weighted by Crippen LogP contribution is -2.48. The van der Waals surface area contributed by atoms with Gasteiger partial charge in [-0.3, -0.25) is 9.59 Å². The second-order valence-corrected chi connectivity index (χ2v) is 8.79. The monoisotopic (exact) mass is 469 g/mol. The van der Waals surface area contributed by atoms with Crippen LogP contribution in [0, 0.1) is 19.7 Å². The first kappa shape index (κ1) is 22.6. The van der Waals surface area contributed by atoms with E-state index in [1.54, 1.807) is 13.0 Å². The van der Waals surface area contributed by atoms with Gasteiger partial charge in [0.05, 0.1) is 17.5 Å². The molecule has 1 saturated heterocycles. The van der Waals surface area contributed by atoms with E-state index >= 15 is 0 Å². The zero-order valence-electron chi connectivity index (χ0n) is 18.3. The molecular formula is C22H24FN7O2S. The molecule has 1 atom stereocenters. The predicted molar refractivity (Wildman–Crippen MR) is 125 cm³/mol. The minimum absolute atomic E-state index is 0.0228. The molecule has 9 nitrogen and oxygen atoms in total. The number of carbonyl (C=O) groups excluding carboxylic acids is 2. The predicted octanol–water partition coefficient (Wildman–Crippen LogP) is 2.93. The van der Waals surface area contributed by atoms with Crippen LogP contribution in [-0.4, -0.2) is 45.3 Å². The Morgan fingerprint density at radius 1 is 1.27 bits per heavy atom. The molecule has 172 valence electrons. The Kier molecular flexibility index (Phi) is 6.50. The number of rotatable bonds is 6. The van der Waals surface area contributed by atoms with Gasteiger partial charge < -0.3 is 21.3 Å². The van der Waals surface area contributed by atoms with Gasteiger partial charge in [-0.15, -0.1) is 0 Å². The topological polar surface area (TPSA) is 126 Å². The molecule has 1 aromatic carbocycles. The van der Waals surface area contributed by atoms with Gasteiger partial charge in [0.15, 0.2) is 11.5 Å². The van der Waals surface area contributed by atoms with Crippen molar-refractivity contribution in [1.29, 1.82) is 0 Å². The molecule has 0 radical (unpaired) electrons. The van der Waals surface area contributed by atoms with Crippen LogP contribution in [-0.2, 0) is 0 Å². The fourth-order valence-electron chi connectivity index (χ4n) is 3.71. The Hall–Kier alpha value is -3.60. The number of hydrogen-bond acceptors (Lipinski definition) is 8. The normalized spacial score (nSPS) is 15.8. The molecule has 0 saturated carbocycles. The number of carbonyl (C=O) groups is 2. The Morgan fingerprint density at radius 3 is 2.79 bits per heavy atom. The van der Waals surface area contributed by atoms with Crippen LogP contribution in [0.3, 0.4) is 0 Å². The van der Waals surface area contributed by atoms with Crippen LogP contribution in [0.25, 0.3) is 0 Å². The maximum absolute atomic E-state index is 14.2. The highest BCUT2D eigenvalue weighted by Crippen LogP contribution is 2.25. The number of amides is 2. The third-order valence-electron chi connectivity index (χ3n) is 5.31. The molecule has 2 aromatic heterocycles. The van der Waals surface area contributed by atoms with Crippen molar-refractivity contribution in [3.8, 4) is 0 Å². The highest BCUT2D eigenvalue weighted by Gasteiger charge is 2.25. The molecule has 3 heterocycles. The van der Waals surface area contributed by atoms with E-state index < -0.39 is 17.6 Å². The fourth-order valence-corrected chi connectivity index (χ4v) is 4.37. The zero-order valence-corrected chi connectivity index (χ0v) is 19.1. The largest absolute Gasteiger partial charge is 0.364 e. The summed E-state index contributed by atoms with van der Waals surface area (Å²) in [4.78, 5) is 35.2. The summed E-state index contributed by atoms with van der Waals surface area (Å²) in [7, 11) is 0. The molecule has 4 N–H and O–H groups in total. The molecule has 3 aromatic rings. The number of aryl methyl sites for hydroxylation is 2. The summed E-state index contributed by atoms with van der Waals surface area (Å²) in [6, 6.07) is 6.19. The van der Waals surface area contributed by atoms with Gasteiger partial charge in [-0.05, 0) is 62.0 Å². The molecule has 0 aliphatic carbocycles. The van der Waals surface area contributed by atoms with Gasteiger partial charge in [0, 0.05) is 19.1 Å². The van der Waals surface area contributed by atoms with Crippen LogP contribution in [0.2, 0.25) is 0 Å². The zero-order chi connectivity index (χ0) is 23.5. The van der Waals surface area contributed by atoms with E-state index in [0.29, 0.717) is 23.9 Å².